The summed E-state index contributed by atoms with van der Waals surface area (Å²) in [5.74, 6) is 0.492. The molecule has 0 aliphatic heterocycles. The number of aryl methyl sites for hydroxylation is 1. The van der Waals surface area contributed by atoms with Gasteiger partial charge in [0.2, 0.25) is 0 Å². The van der Waals surface area contributed by atoms with Gasteiger partial charge in [-0.25, -0.2) is 0 Å². The van der Waals surface area contributed by atoms with Gasteiger partial charge in [-0.15, -0.1) is 0 Å². The first-order chi connectivity index (χ1) is 9.04. The normalized spacial score (nSPS) is 12.0. The van der Waals surface area contributed by atoms with Crippen LogP contribution in [-0.4, -0.2) is 32.8 Å². The van der Waals surface area contributed by atoms with Crippen molar-refractivity contribution in [3.63, 3.8) is 0 Å². The van der Waals surface area contributed by atoms with Crippen LogP contribution >= 0.6 is 0 Å². The van der Waals surface area contributed by atoms with Gasteiger partial charge in [-0.1, -0.05) is 12.1 Å². The second kappa shape index (κ2) is 7.76. The van der Waals surface area contributed by atoms with Gasteiger partial charge in [-0.3, -0.25) is 4.79 Å². The highest BCUT2D eigenvalue weighted by atomic mass is 16.5. The molecule has 0 heterocycles. The number of hydrogen-bond acceptors (Lipinski definition) is 4. The van der Waals surface area contributed by atoms with Crippen LogP contribution in [0.1, 0.15) is 24.1 Å². The third-order valence-corrected chi connectivity index (χ3v) is 2.65. The monoisotopic (exact) mass is 266 g/mol. The summed E-state index contributed by atoms with van der Waals surface area (Å²) in [6.45, 7) is 4.80. The van der Waals surface area contributed by atoms with Crippen LogP contribution in [-0.2, 0) is 9.53 Å². The number of benzene rings is 1. The maximum absolute atomic E-state index is 11.5. The van der Waals surface area contributed by atoms with E-state index < -0.39 is 0 Å². The van der Waals surface area contributed by atoms with Crippen LogP contribution in [0.5, 0.6) is 5.75 Å². The first-order valence-electron chi connectivity index (χ1n) is 6.29. The average Bonchev–Trinajstić information content (AvgIpc) is 2.36. The molecule has 0 spiro atoms. The molecule has 0 aliphatic rings. The molecule has 0 saturated carbocycles. The number of nitrogens with two attached hydrogens (primary N) is 1. The van der Waals surface area contributed by atoms with Crippen LogP contribution in [0.25, 0.3) is 0 Å². The average molecular weight is 266 g/mol. The fraction of sp³-hybridized carbons (Fsp3) is 0.500. The highest BCUT2D eigenvalue weighted by molar-refractivity contribution is 5.77. The predicted octanol–water partition coefficient (Wildman–Crippen LogP) is 1.16. The van der Waals surface area contributed by atoms with Gasteiger partial charge in [0, 0.05) is 25.3 Å². The van der Waals surface area contributed by atoms with Crippen molar-refractivity contribution < 1.29 is 14.3 Å². The Balaban J connectivity index is 2.56. The van der Waals surface area contributed by atoms with Crippen molar-refractivity contribution in [1.29, 1.82) is 0 Å². The molecule has 1 aromatic carbocycles. The molecular formula is C14H22N2O3. The molecule has 0 saturated heterocycles. The van der Waals surface area contributed by atoms with Crippen molar-refractivity contribution in [3.8, 4) is 5.75 Å². The van der Waals surface area contributed by atoms with Crippen molar-refractivity contribution >= 4 is 5.91 Å². The SMILES string of the molecule is COCCNC(=O)COc1cc(C)ccc1[C@@H](C)N. The molecule has 0 fully saturated rings. The topological polar surface area (TPSA) is 73.6 Å². The number of carbonyl (C=O) groups is 1. The number of nitrogens with one attached hydrogen (secondary N) is 1. The lowest BCUT2D eigenvalue weighted by Crippen LogP contribution is -2.31. The minimum atomic E-state index is -0.172. The Bertz CT molecular complexity index is 419. The Kier molecular flexibility index (Phi) is 6.32. The summed E-state index contributed by atoms with van der Waals surface area (Å²) in [7, 11) is 1.59. The van der Waals surface area contributed by atoms with Gasteiger partial charge in [0.05, 0.1) is 6.61 Å². The first-order valence-corrected chi connectivity index (χ1v) is 6.29. The molecule has 1 rings (SSSR count). The van der Waals surface area contributed by atoms with Crippen LogP contribution in [0.3, 0.4) is 0 Å². The largest absolute Gasteiger partial charge is 0.483 e. The lowest BCUT2D eigenvalue weighted by atomic mass is 10.1. The van der Waals surface area contributed by atoms with Crippen molar-refractivity contribution in [3.05, 3.63) is 29.3 Å². The minimum absolute atomic E-state index is 0.0209. The Labute approximate surface area is 114 Å². The van der Waals surface area contributed by atoms with Crippen LogP contribution in [0.4, 0.5) is 0 Å². The number of methoxy groups -OCH3 is 1. The quantitative estimate of drug-likeness (QED) is 0.726. The third-order valence-electron chi connectivity index (χ3n) is 2.65. The van der Waals surface area contributed by atoms with Crippen molar-refractivity contribution in [2.45, 2.75) is 19.9 Å². The molecule has 0 aromatic heterocycles. The van der Waals surface area contributed by atoms with E-state index in [1.807, 2.05) is 32.0 Å². The fourth-order valence-corrected chi connectivity index (χ4v) is 1.63. The van der Waals surface area contributed by atoms with Gasteiger partial charge in [-0.05, 0) is 25.5 Å². The molecule has 1 aromatic rings. The maximum atomic E-state index is 11.5. The van der Waals surface area contributed by atoms with E-state index >= 15 is 0 Å². The van der Waals surface area contributed by atoms with Gasteiger partial charge in [0.15, 0.2) is 6.61 Å². The molecule has 0 radical (unpaired) electrons. The standard InChI is InChI=1S/C14H22N2O3/c1-10-4-5-12(11(2)15)13(8-10)19-9-14(17)16-6-7-18-3/h4-5,8,11H,6-7,9,15H2,1-3H3,(H,16,17)/t11-/m1/s1. The summed E-state index contributed by atoms with van der Waals surface area (Å²) >= 11 is 0. The van der Waals surface area contributed by atoms with Crippen molar-refractivity contribution in [2.75, 3.05) is 26.9 Å². The molecule has 0 aliphatic carbocycles. The molecule has 0 unspecified atom stereocenters. The van der Waals surface area contributed by atoms with E-state index in [2.05, 4.69) is 5.32 Å². The van der Waals surface area contributed by atoms with Gasteiger partial charge in [0.1, 0.15) is 5.75 Å². The maximum Gasteiger partial charge on any atom is 0.258 e. The van der Waals surface area contributed by atoms with Crippen molar-refractivity contribution in [2.24, 2.45) is 5.73 Å². The minimum Gasteiger partial charge on any atom is -0.483 e. The molecule has 1 atom stereocenters. The van der Waals surface area contributed by atoms with E-state index in [0.717, 1.165) is 11.1 Å². The Hall–Kier alpha value is -1.59. The number of carbonyl (C=O) groups excluding carboxylic acids is 1. The van der Waals surface area contributed by atoms with Gasteiger partial charge in [0.25, 0.3) is 5.91 Å². The van der Waals surface area contributed by atoms with E-state index in [-0.39, 0.29) is 18.6 Å². The second-order valence-electron chi connectivity index (χ2n) is 4.46. The zero-order valence-corrected chi connectivity index (χ0v) is 11.7. The number of amides is 1. The lowest BCUT2D eigenvalue weighted by Gasteiger charge is -2.14. The zero-order valence-electron chi connectivity index (χ0n) is 11.7. The molecule has 5 nitrogen and oxygen atoms in total. The van der Waals surface area contributed by atoms with Gasteiger partial charge in [-0.2, -0.15) is 0 Å². The number of rotatable bonds is 7. The summed E-state index contributed by atoms with van der Waals surface area (Å²) in [5.41, 5.74) is 7.84. The second-order valence-corrected chi connectivity index (χ2v) is 4.46. The summed E-state index contributed by atoms with van der Waals surface area (Å²) < 4.78 is 10.4. The van der Waals surface area contributed by atoms with Crippen molar-refractivity contribution in [1.82, 2.24) is 5.32 Å². The van der Waals surface area contributed by atoms with E-state index in [0.29, 0.717) is 18.9 Å². The Morgan fingerprint density at radius 2 is 2.21 bits per heavy atom. The predicted molar refractivity (Wildman–Crippen MR) is 74.2 cm³/mol. The fourth-order valence-electron chi connectivity index (χ4n) is 1.63. The summed E-state index contributed by atoms with van der Waals surface area (Å²) in [4.78, 5) is 11.5. The molecule has 1 amide bonds. The van der Waals surface area contributed by atoms with Gasteiger partial charge < -0.3 is 20.5 Å². The molecular weight excluding hydrogens is 244 g/mol. The first kappa shape index (κ1) is 15.5. The van der Waals surface area contributed by atoms with E-state index in [9.17, 15) is 4.79 Å². The van der Waals surface area contributed by atoms with Crippen LogP contribution in [0, 0.1) is 6.92 Å². The summed E-state index contributed by atoms with van der Waals surface area (Å²) in [6.07, 6.45) is 0. The van der Waals surface area contributed by atoms with Crippen LogP contribution < -0.4 is 15.8 Å². The summed E-state index contributed by atoms with van der Waals surface area (Å²) in [5, 5.41) is 2.70. The van der Waals surface area contributed by atoms with Gasteiger partial charge >= 0.3 is 0 Å². The molecule has 106 valence electrons. The van der Waals surface area contributed by atoms with E-state index in [4.69, 9.17) is 15.2 Å². The van der Waals surface area contributed by atoms with E-state index in [1.54, 1.807) is 7.11 Å². The molecule has 3 N–H and O–H groups in total. The highest BCUT2D eigenvalue weighted by Gasteiger charge is 2.10. The molecule has 19 heavy (non-hydrogen) atoms. The summed E-state index contributed by atoms with van der Waals surface area (Å²) in [6, 6.07) is 5.66. The third kappa shape index (κ3) is 5.28. The molecule has 0 bridgehead atoms. The number of ether oxygens (including phenoxy) is 2. The smallest absolute Gasteiger partial charge is 0.258 e. The molecule has 5 heteroatoms. The van der Waals surface area contributed by atoms with E-state index in [1.165, 1.54) is 0 Å². The zero-order chi connectivity index (χ0) is 14.3. The van der Waals surface area contributed by atoms with Crippen LogP contribution in [0.15, 0.2) is 18.2 Å². The Morgan fingerprint density at radius 1 is 1.47 bits per heavy atom. The Morgan fingerprint density at radius 3 is 2.84 bits per heavy atom. The highest BCUT2D eigenvalue weighted by Crippen LogP contribution is 2.24. The number of hydrogen-bond donors (Lipinski definition) is 2. The lowest BCUT2D eigenvalue weighted by molar-refractivity contribution is -0.123. The van der Waals surface area contributed by atoms with Crippen LogP contribution in [0.2, 0.25) is 0 Å².